The molecule has 404 valence electrons. The van der Waals surface area contributed by atoms with Crippen LogP contribution in [-0.2, 0) is 9.59 Å². The summed E-state index contributed by atoms with van der Waals surface area (Å²) in [6.07, 6.45) is 55.2. The lowest BCUT2D eigenvalue weighted by Crippen LogP contribution is -2.54. The van der Waals surface area contributed by atoms with Crippen LogP contribution in [0.25, 0.3) is 0 Å². The highest BCUT2D eigenvalue weighted by molar-refractivity contribution is 5.80. The lowest BCUT2D eigenvalue weighted by molar-refractivity contribution is -0.140. The van der Waals surface area contributed by atoms with E-state index in [1.165, 1.54) is 276 Å². The maximum atomic E-state index is 14.1. The summed E-state index contributed by atoms with van der Waals surface area (Å²) < 4.78 is 0. The molecular formula is C61H123N5O2. The molecule has 0 bridgehead atoms. The van der Waals surface area contributed by atoms with Gasteiger partial charge in [0.1, 0.15) is 0 Å². The van der Waals surface area contributed by atoms with Crippen molar-refractivity contribution < 1.29 is 9.59 Å². The predicted octanol–water partition coefficient (Wildman–Crippen LogP) is 16.7. The monoisotopic (exact) mass is 958 g/mol. The van der Waals surface area contributed by atoms with Crippen LogP contribution in [0.5, 0.6) is 0 Å². The number of unbranched alkanes of at least 4 members (excludes halogenated alkanes) is 36. The van der Waals surface area contributed by atoms with Gasteiger partial charge in [0.25, 0.3) is 0 Å². The lowest BCUT2D eigenvalue weighted by Gasteiger charge is -2.37. The Morgan fingerprint density at radius 1 is 0.250 bits per heavy atom. The van der Waals surface area contributed by atoms with Gasteiger partial charge in [-0.15, -0.1) is 0 Å². The zero-order valence-electron chi connectivity index (χ0n) is 47.2. The number of amides is 2. The van der Waals surface area contributed by atoms with Crippen molar-refractivity contribution in [2.75, 3.05) is 85.1 Å². The molecular weight excluding hydrogens is 835 g/mol. The van der Waals surface area contributed by atoms with E-state index < -0.39 is 0 Å². The Balaban J connectivity index is 2.79. The van der Waals surface area contributed by atoms with Crippen LogP contribution in [0.1, 0.15) is 298 Å². The molecule has 0 aromatic rings. The van der Waals surface area contributed by atoms with E-state index in [9.17, 15) is 9.59 Å². The predicted molar refractivity (Wildman–Crippen MR) is 300 cm³/mol. The maximum absolute atomic E-state index is 14.1. The van der Waals surface area contributed by atoms with Crippen molar-refractivity contribution >= 4 is 11.8 Å². The topological polar surface area (TPSA) is 50.3 Å². The van der Waals surface area contributed by atoms with Crippen molar-refractivity contribution in [3.63, 3.8) is 0 Å². The van der Waals surface area contributed by atoms with Crippen LogP contribution in [0.4, 0.5) is 0 Å². The first-order valence-corrected chi connectivity index (χ1v) is 31.2. The minimum atomic E-state index is 0.272. The van der Waals surface area contributed by atoms with E-state index in [2.05, 4.69) is 59.1 Å². The van der Waals surface area contributed by atoms with Gasteiger partial charge < -0.3 is 14.7 Å². The highest BCUT2D eigenvalue weighted by Crippen LogP contribution is 2.16. The van der Waals surface area contributed by atoms with Crippen molar-refractivity contribution in [2.45, 2.75) is 298 Å². The van der Waals surface area contributed by atoms with Crippen LogP contribution in [-0.4, -0.2) is 121 Å². The van der Waals surface area contributed by atoms with Gasteiger partial charge in [0, 0.05) is 39.3 Å². The maximum Gasteiger partial charge on any atom is 0.236 e. The molecule has 0 atom stereocenters. The number of hydrogen-bond acceptors (Lipinski definition) is 5. The molecule has 0 spiro atoms. The molecule has 1 fully saturated rings. The van der Waals surface area contributed by atoms with Gasteiger partial charge in [-0.05, 0) is 64.8 Å². The normalized spacial score (nSPS) is 13.3. The molecule has 1 heterocycles. The molecule has 0 aromatic carbocycles. The summed E-state index contributed by atoms with van der Waals surface area (Å²) in [5.74, 6) is 0.545. The summed E-state index contributed by atoms with van der Waals surface area (Å²) in [4.78, 5) is 39.8. The second kappa shape index (κ2) is 50.7. The number of rotatable bonds is 53. The largest absolute Gasteiger partial charge is 0.338 e. The summed E-state index contributed by atoms with van der Waals surface area (Å²) in [5.41, 5.74) is 0. The number of carbonyl (C=O) groups is 2. The van der Waals surface area contributed by atoms with Crippen molar-refractivity contribution in [3.05, 3.63) is 0 Å². The first kappa shape index (κ1) is 64.8. The highest BCUT2D eigenvalue weighted by Gasteiger charge is 2.26. The second-order valence-corrected chi connectivity index (χ2v) is 21.9. The van der Waals surface area contributed by atoms with E-state index in [0.29, 0.717) is 39.3 Å². The van der Waals surface area contributed by atoms with Gasteiger partial charge in [0.05, 0.1) is 13.1 Å². The van der Waals surface area contributed by atoms with Gasteiger partial charge in [-0.1, -0.05) is 266 Å². The third-order valence-corrected chi connectivity index (χ3v) is 15.3. The number of hydrogen-bond donors (Lipinski definition) is 0. The Labute approximate surface area is 427 Å². The summed E-state index contributed by atoms with van der Waals surface area (Å²) in [6, 6.07) is 0. The summed E-state index contributed by atoms with van der Waals surface area (Å²) in [7, 11) is 0. The molecule has 0 unspecified atom stereocenters. The second-order valence-electron chi connectivity index (χ2n) is 21.9. The number of piperazine rings is 1. The Bertz CT molecular complexity index is 1010. The Morgan fingerprint density at radius 3 is 0.662 bits per heavy atom. The zero-order valence-corrected chi connectivity index (χ0v) is 47.2. The fraction of sp³-hybridized carbons (Fsp3) is 0.967. The fourth-order valence-electron chi connectivity index (χ4n) is 10.5. The molecule has 1 rings (SSSR count). The van der Waals surface area contributed by atoms with Gasteiger partial charge in [0.2, 0.25) is 11.8 Å². The third kappa shape index (κ3) is 40.4. The van der Waals surface area contributed by atoms with Gasteiger partial charge in [-0.3, -0.25) is 19.4 Å². The van der Waals surface area contributed by atoms with Crippen molar-refractivity contribution in [1.82, 2.24) is 24.5 Å². The highest BCUT2D eigenvalue weighted by atomic mass is 16.2. The molecule has 0 aromatic heterocycles. The first-order chi connectivity index (χ1) is 33.5. The van der Waals surface area contributed by atoms with Gasteiger partial charge in [-0.25, -0.2) is 0 Å². The third-order valence-electron chi connectivity index (χ3n) is 15.3. The van der Waals surface area contributed by atoms with Crippen LogP contribution in [0.2, 0.25) is 0 Å². The Morgan fingerprint density at radius 2 is 0.426 bits per heavy atom. The lowest BCUT2D eigenvalue weighted by atomic mass is 10.1. The Kier molecular flexibility index (Phi) is 48.4. The summed E-state index contributed by atoms with van der Waals surface area (Å²) >= 11 is 0. The van der Waals surface area contributed by atoms with E-state index in [1.54, 1.807) is 0 Å². The zero-order chi connectivity index (χ0) is 49.2. The number of carbonyl (C=O) groups excluding carboxylic acids is 2. The van der Waals surface area contributed by atoms with Crippen LogP contribution >= 0.6 is 0 Å². The molecule has 7 heteroatoms. The molecule has 1 aliphatic heterocycles. The van der Waals surface area contributed by atoms with Crippen LogP contribution in [0, 0.1) is 0 Å². The van der Waals surface area contributed by atoms with E-state index in [1.807, 2.05) is 0 Å². The standard InChI is InChI=1S/C61H123N5O2/c1-6-11-16-21-26-28-30-35-37-42-47-62(48-43-38-36-31-29-27-22-17-12-7-2)52-53-64(51-46-41-34-25-20-15-10-5)59-61(68)66-56-54-65(55-57-66)60(67)58-63(49-44-39-32-23-18-13-8-3)50-45-40-33-24-19-14-9-4/h6-59H2,1-5H3. The van der Waals surface area contributed by atoms with E-state index >= 15 is 0 Å². The van der Waals surface area contributed by atoms with Crippen molar-refractivity contribution in [3.8, 4) is 0 Å². The minimum absolute atomic E-state index is 0.272. The fourth-order valence-corrected chi connectivity index (χ4v) is 10.5. The van der Waals surface area contributed by atoms with Crippen molar-refractivity contribution in [1.29, 1.82) is 0 Å². The average molecular weight is 959 g/mol. The molecule has 7 nitrogen and oxygen atoms in total. The molecule has 0 aliphatic carbocycles. The van der Waals surface area contributed by atoms with Gasteiger partial charge >= 0.3 is 0 Å². The molecule has 0 N–H and O–H groups in total. The van der Waals surface area contributed by atoms with Crippen LogP contribution < -0.4 is 0 Å². The molecule has 2 amide bonds. The smallest absolute Gasteiger partial charge is 0.236 e. The minimum Gasteiger partial charge on any atom is -0.338 e. The average Bonchev–Trinajstić information content (AvgIpc) is 3.35. The summed E-state index contributed by atoms with van der Waals surface area (Å²) in [5, 5.41) is 0. The van der Waals surface area contributed by atoms with Crippen LogP contribution in [0.3, 0.4) is 0 Å². The molecule has 1 aliphatic rings. The van der Waals surface area contributed by atoms with E-state index in [0.717, 1.165) is 32.7 Å². The van der Waals surface area contributed by atoms with E-state index in [-0.39, 0.29) is 11.8 Å². The Hall–Kier alpha value is -1.18. The van der Waals surface area contributed by atoms with Crippen molar-refractivity contribution in [2.24, 2.45) is 0 Å². The molecule has 0 saturated carbocycles. The quantitative estimate of drug-likeness (QED) is 0.0569. The van der Waals surface area contributed by atoms with Crippen LogP contribution in [0.15, 0.2) is 0 Å². The SMILES string of the molecule is CCCCCCCCCCCCN(CCCCCCCCCCCC)CCN(CCCCCCCCC)CC(=O)N1CCN(C(=O)CN(CCCCCCCCC)CCCCCCCCC)CC1. The summed E-state index contributed by atoms with van der Waals surface area (Å²) in [6.45, 7) is 22.9. The molecule has 68 heavy (non-hydrogen) atoms. The van der Waals surface area contributed by atoms with Gasteiger partial charge in [0.15, 0.2) is 0 Å². The first-order valence-electron chi connectivity index (χ1n) is 31.2. The van der Waals surface area contributed by atoms with Gasteiger partial charge in [-0.2, -0.15) is 0 Å². The molecule has 1 saturated heterocycles. The molecule has 0 radical (unpaired) electrons. The van der Waals surface area contributed by atoms with E-state index in [4.69, 9.17) is 0 Å². The number of nitrogens with zero attached hydrogens (tertiary/aromatic N) is 5.